The van der Waals surface area contributed by atoms with Gasteiger partial charge in [0.05, 0.1) is 11.7 Å². The van der Waals surface area contributed by atoms with Gasteiger partial charge in [0.25, 0.3) is 5.88 Å². The number of carboxylic acid groups (broad SMARTS) is 1. The molecule has 0 saturated carbocycles. The van der Waals surface area contributed by atoms with E-state index in [4.69, 9.17) is 9.84 Å². The highest BCUT2D eigenvalue weighted by molar-refractivity contribution is 5.87. The normalized spacial score (nSPS) is 10.3. The minimum absolute atomic E-state index is 0.0363. The maximum absolute atomic E-state index is 11.1. The van der Waals surface area contributed by atoms with Gasteiger partial charge in [-0.1, -0.05) is 29.2 Å². The summed E-state index contributed by atoms with van der Waals surface area (Å²) < 4.78 is 5.52. The molecule has 8 nitrogen and oxygen atoms in total. The van der Waals surface area contributed by atoms with Crippen molar-refractivity contribution in [3.05, 3.63) is 65.5 Å². The van der Waals surface area contributed by atoms with Crippen molar-refractivity contribution in [2.24, 2.45) is 0 Å². The number of nitrogens with zero attached hydrogens (tertiary/aromatic N) is 3. The van der Waals surface area contributed by atoms with Crippen LogP contribution in [0.1, 0.15) is 21.6 Å². The summed E-state index contributed by atoms with van der Waals surface area (Å²) in [5.74, 6) is 5.35. The van der Waals surface area contributed by atoms with E-state index < -0.39 is 5.97 Å². The molecule has 0 amide bonds. The summed E-state index contributed by atoms with van der Waals surface area (Å²) in [4.78, 5) is 11.1. The Bertz CT molecular complexity index is 1170. The smallest absolute Gasteiger partial charge is 0.362 e. The number of hydrogen-bond donors (Lipinski definition) is 3. The highest BCUT2D eigenvalue weighted by Crippen LogP contribution is 2.22. The Hall–Kier alpha value is -4.12. The van der Waals surface area contributed by atoms with Crippen LogP contribution in [0.15, 0.2) is 48.7 Å². The van der Waals surface area contributed by atoms with Gasteiger partial charge in [0, 0.05) is 16.5 Å². The van der Waals surface area contributed by atoms with Gasteiger partial charge in [0.2, 0.25) is 5.69 Å². The molecule has 3 N–H and O–H groups in total. The van der Waals surface area contributed by atoms with Gasteiger partial charge < -0.3 is 9.84 Å². The van der Waals surface area contributed by atoms with Gasteiger partial charge in [-0.15, -0.1) is 5.10 Å². The minimum Gasteiger partial charge on any atom is -0.476 e. The van der Waals surface area contributed by atoms with E-state index in [1.807, 2.05) is 24.3 Å². The fourth-order valence-electron chi connectivity index (χ4n) is 2.40. The van der Waals surface area contributed by atoms with E-state index in [2.05, 4.69) is 37.4 Å². The average Bonchev–Trinajstić information content (AvgIpc) is 3.29. The fourth-order valence-corrected chi connectivity index (χ4v) is 2.40. The number of fused-ring (bicyclic) bond motifs is 1. The number of rotatable bonds is 3. The lowest BCUT2D eigenvalue weighted by molar-refractivity contribution is 0.0687. The summed E-state index contributed by atoms with van der Waals surface area (Å²) in [7, 11) is 0. The zero-order valence-electron chi connectivity index (χ0n) is 13.2. The van der Waals surface area contributed by atoms with Gasteiger partial charge in [-0.3, -0.25) is 5.10 Å². The van der Waals surface area contributed by atoms with Gasteiger partial charge in [-0.25, -0.2) is 9.89 Å². The summed E-state index contributed by atoms with van der Waals surface area (Å²) in [5.41, 5.74) is 2.20. The van der Waals surface area contributed by atoms with Crippen LogP contribution in [-0.2, 0) is 0 Å². The number of ether oxygens (including phenoxy) is 1. The molecular weight excluding hydrogens is 334 g/mol. The number of hydrogen-bond acceptors (Lipinski definition) is 5. The summed E-state index contributed by atoms with van der Waals surface area (Å²) in [6.45, 7) is 0. The van der Waals surface area contributed by atoms with Gasteiger partial charge in [0.1, 0.15) is 5.75 Å². The van der Waals surface area contributed by atoms with Crippen molar-refractivity contribution in [1.82, 2.24) is 25.6 Å². The van der Waals surface area contributed by atoms with E-state index in [9.17, 15) is 4.79 Å². The summed E-state index contributed by atoms with van der Waals surface area (Å²) in [6, 6.07) is 12.7. The Balaban J connectivity index is 1.62. The third-order valence-corrected chi connectivity index (χ3v) is 3.60. The largest absolute Gasteiger partial charge is 0.476 e. The third-order valence-electron chi connectivity index (χ3n) is 3.60. The zero-order valence-corrected chi connectivity index (χ0v) is 13.2. The number of carboxylic acids is 1. The number of nitrogens with one attached hydrogen (secondary N) is 2. The number of carbonyl (C=O) groups is 1. The highest BCUT2D eigenvalue weighted by atomic mass is 16.5. The summed E-state index contributed by atoms with van der Waals surface area (Å²) in [5, 5.41) is 26.2. The molecule has 0 atom stereocenters. The molecule has 0 aliphatic carbocycles. The van der Waals surface area contributed by atoms with Crippen molar-refractivity contribution < 1.29 is 14.6 Å². The lowest BCUT2D eigenvalue weighted by atomic mass is 10.1. The maximum Gasteiger partial charge on any atom is 0.362 e. The van der Waals surface area contributed by atoms with Crippen LogP contribution in [0, 0.1) is 11.8 Å². The Labute approximate surface area is 146 Å². The second kappa shape index (κ2) is 6.41. The monoisotopic (exact) mass is 345 g/mol. The molecule has 2 heterocycles. The molecule has 0 bridgehead atoms. The number of benzene rings is 2. The predicted octanol–water partition coefficient (Wildman–Crippen LogP) is 2.57. The molecule has 26 heavy (non-hydrogen) atoms. The molecule has 2 aromatic carbocycles. The molecule has 2 aromatic heterocycles. The van der Waals surface area contributed by atoms with Crippen molar-refractivity contribution in [3.8, 4) is 23.5 Å². The quantitative estimate of drug-likeness (QED) is 0.491. The number of aromatic carboxylic acids is 1. The first-order valence-electron chi connectivity index (χ1n) is 7.57. The lowest BCUT2D eigenvalue weighted by Gasteiger charge is -2.03. The van der Waals surface area contributed by atoms with Gasteiger partial charge in [-0.05, 0) is 30.3 Å². The number of H-pyrrole nitrogens is 2. The predicted molar refractivity (Wildman–Crippen MR) is 91.9 cm³/mol. The Morgan fingerprint density at radius 2 is 2.00 bits per heavy atom. The van der Waals surface area contributed by atoms with E-state index in [1.54, 1.807) is 24.4 Å². The van der Waals surface area contributed by atoms with Crippen LogP contribution in [-0.4, -0.2) is 36.7 Å². The first kappa shape index (κ1) is 15.4. The van der Waals surface area contributed by atoms with Crippen LogP contribution in [0.25, 0.3) is 10.9 Å². The summed E-state index contributed by atoms with van der Waals surface area (Å²) in [6.07, 6.45) is 1.73. The van der Waals surface area contributed by atoms with E-state index in [-0.39, 0.29) is 11.6 Å². The number of aromatic amines is 2. The average molecular weight is 345 g/mol. The first-order valence-corrected chi connectivity index (χ1v) is 7.57. The van der Waals surface area contributed by atoms with Crippen LogP contribution in [0.2, 0.25) is 0 Å². The molecule has 4 rings (SSSR count). The Morgan fingerprint density at radius 3 is 2.88 bits per heavy atom. The SMILES string of the molecule is O=C(O)c1nn[nH]c1Oc1cccc(C#Cc2cccc3[nH]ncc23)c1. The van der Waals surface area contributed by atoms with Crippen molar-refractivity contribution in [3.63, 3.8) is 0 Å². The van der Waals surface area contributed by atoms with Crippen LogP contribution in [0.4, 0.5) is 0 Å². The van der Waals surface area contributed by atoms with E-state index in [0.717, 1.165) is 16.5 Å². The van der Waals surface area contributed by atoms with Crippen molar-refractivity contribution >= 4 is 16.9 Å². The topological polar surface area (TPSA) is 117 Å². The molecule has 0 fully saturated rings. The van der Waals surface area contributed by atoms with Crippen LogP contribution in [0.5, 0.6) is 11.6 Å². The first-order chi connectivity index (χ1) is 12.7. The van der Waals surface area contributed by atoms with Crippen LogP contribution in [0.3, 0.4) is 0 Å². The molecule has 0 aliphatic rings. The molecule has 8 heteroatoms. The van der Waals surface area contributed by atoms with Gasteiger partial charge in [0.15, 0.2) is 0 Å². The number of aromatic nitrogens is 5. The van der Waals surface area contributed by atoms with Crippen LogP contribution >= 0.6 is 0 Å². The maximum atomic E-state index is 11.1. The standard InChI is InChI=1S/C18H11N5O3/c24-18(25)16-17(22-23-21-16)26-13-5-1-3-11(9-13)7-8-12-4-2-6-15-14(12)10-19-20-15/h1-6,9-10H,(H,19,20)(H,24,25)(H,21,22,23). The van der Waals surface area contributed by atoms with Crippen molar-refractivity contribution in [2.75, 3.05) is 0 Å². The molecular formula is C18H11N5O3. The molecule has 4 aromatic rings. The molecule has 0 aliphatic heterocycles. The molecule has 126 valence electrons. The second-order valence-electron chi connectivity index (χ2n) is 5.31. The molecule has 0 unspecified atom stereocenters. The minimum atomic E-state index is -1.22. The highest BCUT2D eigenvalue weighted by Gasteiger charge is 2.16. The summed E-state index contributed by atoms with van der Waals surface area (Å²) >= 11 is 0. The van der Waals surface area contributed by atoms with Crippen LogP contribution < -0.4 is 4.74 Å². The Kier molecular flexibility index (Phi) is 3.80. The second-order valence-corrected chi connectivity index (χ2v) is 5.31. The van der Waals surface area contributed by atoms with E-state index in [0.29, 0.717) is 11.3 Å². The Morgan fingerprint density at radius 1 is 1.12 bits per heavy atom. The van der Waals surface area contributed by atoms with E-state index >= 15 is 0 Å². The lowest BCUT2D eigenvalue weighted by Crippen LogP contribution is -1.99. The van der Waals surface area contributed by atoms with Gasteiger partial charge in [-0.2, -0.15) is 5.10 Å². The van der Waals surface area contributed by atoms with Crippen molar-refractivity contribution in [2.45, 2.75) is 0 Å². The van der Waals surface area contributed by atoms with Gasteiger partial charge >= 0.3 is 5.97 Å². The molecule has 0 radical (unpaired) electrons. The van der Waals surface area contributed by atoms with E-state index in [1.165, 1.54) is 0 Å². The zero-order chi connectivity index (χ0) is 17.9. The molecule has 0 spiro atoms. The fraction of sp³-hybridized carbons (Fsp3) is 0. The third kappa shape index (κ3) is 2.97. The molecule has 0 saturated heterocycles. The van der Waals surface area contributed by atoms with Crippen molar-refractivity contribution in [1.29, 1.82) is 0 Å².